The summed E-state index contributed by atoms with van der Waals surface area (Å²) in [7, 11) is 4.93. The average Bonchev–Trinajstić information content (AvgIpc) is 3.36. The fourth-order valence-corrected chi connectivity index (χ4v) is 5.06. The Hall–Kier alpha value is -2.34. The number of ether oxygens (including phenoxy) is 1. The lowest BCUT2D eigenvalue weighted by molar-refractivity contribution is -0.160. The van der Waals surface area contributed by atoms with Gasteiger partial charge in [-0.05, 0) is 43.2 Å². The summed E-state index contributed by atoms with van der Waals surface area (Å²) in [6.07, 6.45) is 3.48. The molecule has 1 aliphatic rings. The normalized spacial score (nSPS) is 18.3. The van der Waals surface area contributed by atoms with Gasteiger partial charge in [0, 0.05) is 27.2 Å². The largest absolute Gasteiger partial charge is 0.439 e. The SMILES string of the molecule is COCCN(CC1CC1C)c1cc(-c2ncc([C@](C)(N)Cc3ccccc3)o2)c(Cl)c(N(C)SOOC)n1. The predicted molar refractivity (Wildman–Crippen MR) is 152 cm³/mol. The second kappa shape index (κ2) is 12.7. The lowest BCUT2D eigenvalue weighted by Gasteiger charge is -2.26. The number of halogens is 1. The molecule has 2 unspecified atom stereocenters. The van der Waals surface area contributed by atoms with Gasteiger partial charge in [-0.15, -0.1) is 4.33 Å². The number of nitrogens with two attached hydrogens (primary N) is 1. The minimum absolute atomic E-state index is 0.372. The molecule has 3 aromatic rings. The molecular weight excluding hydrogens is 526 g/mol. The van der Waals surface area contributed by atoms with Crippen LogP contribution in [0.25, 0.3) is 11.5 Å². The van der Waals surface area contributed by atoms with Gasteiger partial charge in [-0.25, -0.2) is 14.9 Å². The fourth-order valence-electron chi connectivity index (χ4n) is 4.35. The second-order valence-corrected chi connectivity index (χ2v) is 11.2. The summed E-state index contributed by atoms with van der Waals surface area (Å²) < 4.78 is 18.4. The third-order valence-corrected chi connectivity index (χ3v) is 7.73. The Morgan fingerprint density at radius 1 is 1.26 bits per heavy atom. The number of anilines is 2. The second-order valence-electron chi connectivity index (χ2n) is 9.99. The zero-order chi connectivity index (χ0) is 27.3. The van der Waals surface area contributed by atoms with Crippen LogP contribution in [0, 0.1) is 11.8 Å². The van der Waals surface area contributed by atoms with Gasteiger partial charge in [0.05, 0.1) is 36.0 Å². The van der Waals surface area contributed by atoms with Crippen LogP contribution in [0.5, 0.6) is 0 Å². The highest BCUT2D eigenvalue weighted by Crippen LogP contribution is 2.42. The van der Waals surface area contributed by atoms with Crippen molar-refractivity contribution in [1.29, 1.82) is 0 Å². The Kier molecular flexibility index (Phi) is 9.56. The molecule has 2 N–H and O–H groups in total. The molecule has 206 valence electrons. The van der Waals surface area contributed by atoms with Crippen molar-refractivity contribution in [3.05, 3.63) is 58.9 Å². The van der Waals surface area contributed by atoms with Crippen LogP contribution in [0.3, 0.4) is 0 Å². The molecule has 11 heteroatoms. The lowest BCUT2D eigenvalue weighted by Crippen LogP contribution is -2.35. The van der Waals surface area contributed by atoms with Gasteiger partial charge in [-0.2, -0.15) is 0 Å². The van der Waals surface area contributed by atoms with E-state index in [1.54, 1.807) is 24.7 Å². The highest BCUT2D eigenvalue weighted by atomic mass is 35.5. The molecule has 9 nitrogen and oxygen atoms in total. The van der Waals surface area contributed by atoms with Crippen LogP contribution in [0.2, 0.25) is 5.02 Å². The first-order chi connectivity index (χ1) is 18.2. The smallest absolute Gasteiger partial charge is 0.228 e. The van der Waals surface area contributed by atoms with E-state index in [-0.39, 0.29) is 0 Å². The van der Waals surface area contributed by atoms with Crippen LogP contribution in [0.15, 0.2) is 47.0 Å². The summed E-state index contributed by atoms with van der Waals surface area (Å²) >= 11 is 7.88. The van der Waals surface area contributed by atoms with E-state index in [0.717, 1.165) is 30.2 Å². The van der Waals surface area contributed by atoms with Crippen molar-refractivity contribution in [3.8, 4) is 11.5 Å². The third kappa shape index (κ3) is 6.99. The van der Waals surface area contributed by atoms with Gasteiger partial charge in [0.25, 0.3) is 0 Å². The van der Waals surface area contributed by atoms with Gasteiger partial charge in [0.1, 0.15) is 11.6 Å². The van der Waals surface area contributed by atoms with E-state index in [1.807, 2.05) is 43.3 Å². The Labute approximate surface area is 233 Å². The fraction of sp³-hybridized carbons (Fsp3) is 0.481. The maximum absolute atomic E-state index is 6.90. The standard InChI is InChI=1S/C27H36ClN5O4S/c1-18-13-20(18)17-33(11-12-34-4)23-14-21(24(28)25(31-23)32(3)38-37-35-5)26-30-16-22(36-26)27(2,29)15-19-9-7-6-8-10-19/h6-10,14,16,18,20H,11-13,15,17,29H2,1-5H3/t18?,20?,27-/m1/s1. The van der Waals surface area contributed by atoms with E-state index in [2.05, 4.69) is 16.8 Å². The first-order valence-corrected chi connectivity index (χ1v) is 13.7. The molecule has 0 bridgehead atoms. The highest BCUT2D eigenvalue weighted by molar-refractivity contribution is 7.95. The van der Waals surface area contributed by atoms with Crippen molar-refractivity contribution in [2.45, 2.75) is 32.2 Å². The van der Waals surface area contributed by atoms with Gasteiger partial charge in [0.15, 0.2) is 18.0 Å². The van der Waals surface area contributed by atoms with Crippen LogP contribution < -0.4 is 14.9 Å². The van der Waals surface area contributed by atoms with Crippen molar-refractivity contribution < 1.29 is 18.4 Å². The highest BCUT2D eigenvalue weighted by Gasteiger charge is 2.35. The minimum Gasteiger partial charge on any atom is -0.439 e. The summed E-state index contributed by atoms with van der Waals surface area (Å²) in [5.74, 6) is 3.50. The van der Waals surface area contributed by atoms with Crippen molar-refractivity contribution in [2.24, 2.45) is 17.6 Å². The monoisotopic (exact) mass is 561 g/mol. The van der Waals surface area contributed by atoms with Crippen LogP contribution in [-0.4, -0.2) is 50.9 Å². The molecule has 1 saturated carbocycles. The number of rotatable bonds is 14. The number of hydrogen-bond donors (Lipinski definition) is 1. The van der Waals surface area contributed by atoms with Gasteiger partial charge < -0.3 is 19.8 Å². The zero-order valence-corrected chi connectivity index (χ0v) is 24.1. The molecule has 1 fully saturated rings. The van der Waals surface area contributed by atoms with Crippen LogP contribution >= 0.6 is 23.8 Å². The van der Waals surface area contributed by atoms with Gasteiger partial charge in [-0.3, -0.25) is 4.31 Å². The van der Waals surface area contributed by atoms with E-state index in [0.29, 0.717) is 59.5 Å². The van der Waals surface area contributed by atoms with E-state index < -0.39 is 5.54 Å². The number of benzene rings is 1. The summed E-state index contributed by atoms with van der Waals surface area (Å²) in [5.41, 5.74) is 7.66. The Morgan fingerprint density at radius 2 is 2.00 bits per heavy atom. The van der Waals surface area contributed by atoms with Crippen LogP contribution in [-0.2, 0) is 25.9 Å². The Balaban J connectivity index is 1.71. The molecule has 1 aliphatic carbocycles. The van der Waals surface area contributed by atoms with E-state index in [1.165, 1.54) is 13.5 Å². The minimum atomic E-state index is -0.761. The van der Waals surface area contributed by atoms with Crippen molar-refractivity contribution >= 4 is 35.5 Å². The molecule has 0 spiro atoms. The average molecular weight is 562 g/mol. The Bertz CT molecular complexity index is 1200. The molecule has 4 rings (SSSR count). The van der Waals surface area contributed by atoms with Crippen LogP contribution in [0.4, 0.5) is 11.6 Å². The quantitative estimate of drug-likeness (QED) is 0.118. The topological polar surface area (TPSA) is 99.1 Å². The summed E-state index contributed by atoms with van der Waals surface area (Å²) in [6, 6.07) is 12.0. The first-order valence-electron chi connectivity index (χ1n) is 12.6. The number of methoxy groups -OCH3 is 1. The van der Waals surface area contributed by atoms with Gasteiger partial charge in [-0.1, -0.05) is 48.9 Å². The molecule has 38 heavy (non-hydrogen) atoms. The van der Waals surface area contributed by atoms with Crippen molar-refractivity contribution in [2.75, 3.05) is 50.2 Å². The molecule has 2 heterocycles. The summed E-state index contributed by atoms with van der Waals surface area (Å²) in [4.78, 5) is 16.5. The number of oxazole rings is 1. The van der Waals surface area contributed by atoms with Crippen molar-refractivity contribution in [3.63, 3.8) is 0 Å². The predicted octanol–water partition coefficient (Wildman–Crippen LogP) is 5.49. The molecule has 3 atom stereocenters. The number of hydrogen-bond acceptors (Lipinski definition) is 10. The molecule has 0 aliphatic heterocycles. The van der Waals surface area contributed by atoms with Crippen LogP contribution in [0.1, 0.15) is 31.6 Å². The van der Waals surface area contributed by atoms with E-state index in [9.17, 15) is 0 Å². The van der Waals surface area contributed by atoms with Crippen molar-refractivity contribution in [1.82, 2.24) is 9.97 Å². The first kappa shape index (κ1) is 28.7. The van der Waals surface area contributed by atoms with Gasteiger partial charge in [0.2, 0.25) is 5.89 Å². The molecular formula is C27H36ClN5O4S. The maximum atomic E-state index is 6.90. The third-order valence-electron chi connectivity index (χ3n) is 6.77. The Morgan fingerprint density at radius 3 is 2.66 bits per heavy atom. The molecule has 0 radical (unpaired) electrons. The zero-order valence-electron chi connectivity index (χ0n) is 22.5. The van der Waals surface area contributed by atoms with E-state index in [4.69, 9.17) is 40.7 Å². The number of aromatic nitrogens is 2. The number of nitrogens with zero attached hydrogens (tertiary/aromatic N) is 4. The maximum Gasteiger partial charge on any atom is 0.228 e. The lowest BCUT2D eigenvalue weighted by atomic mass is 9.92. The summed E-state index contributed by atoms with van der Waals surface area (Å²) in [5, 5.41) is 0.380. The van der Waals surface area contributed by atoms with E-state index >= 15 is 0 Å². The van der Waals surface area contributed by atoms with Gasteiger partial charge >= 0.3 is 0 Å². The number of pyridine rings is 1. The summed E-state index contributed by atoms with van der Waals surface area (Å²) in [6.45, 7) is 6.34. The molecule has 1 aromatic carbocycles. The molecule has 0 saturated heterocycles. The molecule has 0 amide bonds. The molecule has 2 aromatic heterocycles.